The molecule has 0 unspecified atom stereocenters. The van der Waals surface area contributed by atoms with Crippen LogP contribution >= 0.6 is 0 Å². The Morgan fingerprint density at radius 2 is 2.00 bits per heavy atom. The van der Waals surface area contributed by atoms with Crippen molar-refractivity contribution in [3.63, 3.8) is 0 Å². The van der Waals surface area contributed by atoms with Gasteiger partial charge in [-0.1, -0.05) is 33.1 Å². The minimum atomic E-state index is -0.291. The van der Waals surface area contributed by atoms with E-state index >= 15 is 0 Å². The minimum absolute atomic E-state index is 0.291. The van der Waals surface area contributed by atoms with Crippen molar-refractivity contribution < 1.29 is 9.53 Å². The van der Waals surface area contributed by atoms with Crippen LogP contribution in [-0.4, -0.2) is 12.5 Å². The first kappa shape index (κ1) is 15.5. The molecule has 0 bridgehead atoms. The zero-order chi connectivity index (χ0) is 14.1. The Labute approximate surface area is 115 Å². The highest BCUT2D eigenvalue weighted by atomic mass is 16.5. The molecule has 0 aliphatic heterocycles. The van der Waals surface area contributed by atoms with Crippen LogP contribution in [0.15, 0.2) is 24.3 Å². The molecule has 0 aliphatic rings. The highest BCUT2D eigenvalue weighted by Gasteiger charge is 2.07. The van der Waals surface area contributed by atoms with E-state index in [1.165, 1.54) is 19.3 Å². The lowest BCUT2D eigenvalue weighted by Crippen LogP contribution is -2.29. The Morgan fingerprint density at radius 1 is 1.32 bits per heavy atom. The van der Waals surface area contributed by atoms with Gasteiger partial charge in [-0.15, -0.1) is 0 Å². The number of hydrogen-bond donors (Lipinski definition) is 2. The summed E-state index contributed by atoms with van der Waals surface area (Å²) in [6.45, 7) is 5.13. The lowest BCUT2D eigenvalue weighted by atomic mass is 10.0. The maximum atomic E-state index is 11.3. The second-order valence-corrected chi connectivity index (χ2v) is 4.73. The first-order chi connectivity index (χ1) is 9.21. The molecule has 3 N–H and O–H groups in total. The second kappa shape index (κ2) is 8.53. The van der Waals surface area contributed by atoms with Crippen molar-refractivity contribution in [3.8, 4) is 5.75 Å². The van der Waals surface area contributed by atoms with Crippen LogP contribution in [0.3, 0.4) is 0 Å². The fourth-order valence-electron chi connectivity index (χ4n) is 1.90. The van der Waals surface area contributed by atoms with Crippen LogP contribution in [0.1, 0.15) is 49.9 Å². The number of hydrazine groups is 1. The van der Waals surface area contributed by atoms with E-state index in [0.717, 1.165) is 18.8 Å². The van der Waals surface area contributed by atoms with E-state index in [9.17, 15) is 4.79 Å². The quantitative estimate of drug-likeness (QED) is 0.431. The maximum Gasteiger partial charge on any atom is 0.265 e. The Morgan fingerprint density at radius 3 is 2.53 bits per heavy atom. The van der Waals surface area contributed by atoms with Gasteiger partial charge in [0, 0.05) is 5.56 Å². The Hall–Kier alpha value is -1.55. The molecule has 1 amide bonds. The number of nitrogens with one attached hydrogen (secondary N) is 1. The van der Waals surface area contributed by atoms with Crippen molar-refractivity contribution in [2.45, 2.75) is 39.5 Å². The van der Waals surface area contributed by atoms with Gasteiger partial charge in [-0.05, 0) is 36.6 Å². The lowest BCUT2D eigenvalue weighted by Gasteiger charge is -2.15. The summed E-state index contributed by atoms with van der Waals surface area (Å²) < 4.78 is 5.76. The number of benzene rings is 1. The fraction of sp³-hybridized carbons (Fsp3) is 0.533. The number of rotatable bonds is 8. The third kappa shape index (κ3) is 5.30. The Kier molecular flexibility index (Phi) is 6.97. The van der Waals surface area contributed by atoms with Crippen molar-refractivity contribution in [1.29, 1.82) is 0 Å². The van der Waals surface area contributed by atoms with Crippen LogP contribution in [0, 0.1) is 5.92 Å². The van der Waals surface area contributed by atoms with Gasteiger partial charge in [-0.25, -0.2) is 5.84 Å². The molecule has 0 saturated heterocycles. The molecule has 4 nitrogen and oxygen atoms in total. The van der Waals surface area contributed by atoms with Crippen molar-refractivity contribution in [3.05, 3.63) is 29.8 Å². The summed E-state index contributed by atoms with van der Waals surface area (Å²) in [4.78, 5) is 11.3. The van der Waals surface area contributed by atoms with Gasteiger partial charge in [0.2, 0.25) is 0 Å². The number of nitrogen functional groups attached to an aromatic ring is 1. The molecule has 0 saturated carbocycles. The van der Waals surface area contributed by atoms with Crippen molar-refractivity contribution >= 4 is 5.91 Å². The molecule has 106 valence electrons. The number of unbranched alkanes of at least 4 members (excludes halogenated alkanes) is 1. The molecule has 0 aliphatic carbocycles. The van der Waals surface area contributed by atoms with Crippen molar-refractivity contribution in [2.75, 3.05) is 6.61 Å². The van der Waals surface area contributed by atoms with Crippen molar-refractivity contribution in [1.82, 2.24) is 5.43 Å². The number of amides is 1. The van der Waals surface area contributed by atoms with E-state index in [4.69, 9.17) is 10.6 Å². The molecule has 0 radical (unpaired) electrons. The molecular formula is C15H24N2O2. The molecule has 0 heterocycles. The van der Waals surface area contributed by atoms with Crippen LogP contribution in [0.5, 0.6) is 5.75 Å². The number of hydrogen-bond acceptors (Lipinski definition) is 3. The Balaban J connectivity index is 2.46. The highest BCUT2D eigenvalue weighted by molar-refractivity contribution is 5.93. The minimum Gasteiger partial charge on any atom is -0.493 e. The first-order valence-corrected chi connectivity index (χ1v) is 6.95. The average molecular weight is 264 g/mol. The van der Waals surface area contributed by atoms with E-state index in [2.05, 4.69) is 19.3 Å². The van der Waals surface area contributed by atoms with Gasteiger partial charge in [0.1, 0.15) is 5.75 Å². The topological polar surface area (TPSA) is 64.3 Å². The summed E-state index contributed by atoms with van der Waals surface area (Å²) in [6, 6.07) is 7.03. The maximum absolute atomic E-state index is 11.3. The van der Waals surface area contributed by atoms with E-state index in [1.807, 2.05) is 0 Å². The molecule has 1 atom stereocenters. The fourth-order valence-corrected chi connectivity index (χ4v) is 1.90. The smallest absolute Gasteiger partial charge is 0.265 e. The van der Waals surface area contributed by atoms with Gasteiger partial charge >= 0.3 is 0 Å². The zero-order valence-electron chi connectivity index (χ0n) is 11.8. The predicted molar refractivity (Wildman–Crippen MR) is 76.9 cm³/mol. The number of ether oxygens (including phenoxy) is 1. The molecule has 19 heavy (non-hydrogen) atoms. The molecule has 1 aromatic carbocycles. The standard InChI is InChI=1S/C15H24N2O2/c1-3-5-6-12(4-2)11-19-14-9-7-13(8-10-14)15(18)17-16/h7-10,12H,3-6,11,16H2,1-2H3,(H,17,18)/t12-/m0/s1. The van der Waals surface area contributed by atoms with Gasteiger partial charge in [0.15, 0.2) is 0 Å². The van der Waals surface area contributed by atoms with Crippen LogP contribution in [-0.2, 0) is 0 Å². The first-order valence-electron chi connectivity index (χ1n) is 6.95. The normalized spacial score (nSPS) is 11.9. The number of nitrogens with two attached hydrogens (primary N) is 1. The molecule has 0 spiro atoms. The van der Waals surface area contributed by atoms with Gasteiger partial charge in [0.25, 0.3) is 5.91 Å². The van der Waals surface area contributed by atoms with Gasteiger partial charge in [-0.2, -0.15) is 0 Å². The van der Waals surface area contributed by atoms with E-state index in [1.54, 1.807) is 24.3 Å². The zero-order valence-corrected chi connectivity index (χ0v) is 11.8. The third-order valence-electron chi connectivity index (χ3n) is 3.28. The number of carbonyl (C=O) groups excluding carboxylic acids is 1. The van der Waals surface area contributed by atoms with Crippen LogP contribution < -0.4 is 16.0 Å². The summed E-state index contributed by atoms with van der Waals surface area (Å²) in [6.07, 6.45) is 4.81. The molecular weight excluding hydrogens is 240 g/mol. The van der Waals surface area contributed by atoms with Crippen LogP contribution in [0.4, 0.5) is 0 Å². The monoisotopic (exact) mass is 264 g/mol. The third-order valence-corrected chi connectivity index (χ3v) is 3.28. The lowest BCUT2D eigenvalue weighted by molar-refractivity contribution is 0.0953. The summed E-state index contributed by atoms with van der Waals surface area (Å²) in [5, 5.41) is 0. The largest absolute Gasteiger partial charge is 0.493 e. The summed E-state index contributed by atoms with van der Waals surface area (Å²) >= 11 is 0. The van der Waals surface area contributed by atoms with Gasteiger partial charge in [0.05, 0.1) is 6.61 Å². The second-order valence-electron chi connectivity index (χ2n) is 4.73. The molecule has 0 aromatic heterocycles. The highest BCUT2D eigenvalue weighted by Crippen LogP contribution is 2.17. The molecule has 4 heteroatoms. The molecule has 1 rings (SSSR count). The van der Waals surface area contributed by atoms with E-state index in [0.29, 0.717) is 11.5 Å². The van der Waals surface area contributed by atoms with Gasteiger partial charge < -0.3 is 4.74 Å². The van der Waals surface area contributed by atoms with E-state index < -0.39 is 0 Å². The number of carbonyl (C=O) groups is 1. The Bertz CT molecular complexity index is 376. The molecule has 1 aromatic rings. The summed E-state index contributed by atoms with van der Waals surface area (Å²) in [5.41, 5.74) is 2.64. The van der Waals surface area contributed by atoms with Crippen molar-refractivity contribution in [2.24, 2.45) is 11.8 Å². The summed E-state index contributed by atoms with van der Waals surface area (Å²) in [5.74, 6) is 6.18. The summed E-state index contributed by atoms with van der Waals surface area (Å²) in [7, 11) is 0. The SMILES string of the molecule is CCCC[C@H](CC)COc1ccc(C(=O)NN)cc1. The average Bonchev–Trinajstić information content (AvgIpc) is 2.47. The molecule has 0 fully saturated rings. The predicted octanol–water partition coefficient (Wildman–Crippen LogP) is 2.89. The van der Waals surface area contributed by atoms with Gasteiger partial charge in [-0.3, -0.25) is 10.2 Å². The van der Waals surface area contributed by atoms with E-state index in [-0.39, 0.29) is 5.91 Å². The van der Waals surface area contributed by atoms with Crippen LogP contribution in [0.25, 0.3) is 0 Å². The van der Waals surface area contributed by atoms with Crippen LogP contribution in [0.2, 0.25) is 0 Å².